The molecule has 0 aliphatic carbocycles. The molecule has 0 radical (unpaired) electrons. The van der Waals surface area contributed by atoms with E-state index in [9.17, 15) is 5.11 Å². The van der Waals surface area contributed by atoms with Crippen molar-refractivity contribution in [2.24, 2.45) is 4.99 Å². The van der Waals surface area contributed by atoms with E-state index in [0.717, 1.165) is 22.6 Å². The number of nitrogens with zero attached hydrogens (tertiary/aromatic N) is 2. The van der Waals surface area contributed by atoms with Gasteiger partial charge in [-0.1, -0.05) is 41.7 Å². The third-order valence-electron chi connectivity index (χ3n) is 3.46. The fraction of sp³-hybridized carbons (Fsp3) is 0.278. The van der Waals surface area contributed by atoms with Gasteiger partial charge in [0.05, 0.1) is 16.8 Å². The van der Waals surface area contributed by atoms with Crippen LogP contribution >= 0.6 is 11.3 Å². The van der Waals surface area contributed by atoms with E-state index in [2.05, 4.69) is 21.7 Å². The number of ether oxygens (including phenoxy) is 1. The van der Waals surface area contributed by atoms with E-state index in [1.165, 1.54) is 4.70 Å². The second-order valence-corrected chi connectivity index (χ2v) is 6.22. The number of rotatable bonds is 6. The van der Waals surface area contributed by atoms with Gasteiger partial charge in [0.15, 0.2) is 4.80 Å². The summed E-state index contributed by atoms with van der Waals surface area (Å²) in [5.74, 6) is 0.769. The number of hydrogen-bond donors (Lipinski definition) is 1. The van der Waals surface area contributed by atoms with Crippen LogP contribution in [0.1, 0.15) is 6.92 Å². The van der Waals surface area contributed by atoms with Crippen molar-refractivity contribution >= 4 is 21.6 Å². The van der Waals surface area contributed by atoms with Crippen LogP contribution in [0.15, 0.2) is 59.6 Å². The minimum atomic E-state index is -0.594. The molecule has 0 amide bonds. The van der Waals surface area contributed by atoms with Crippen LogP contribution in [-0.4, -0.2) is 28.9 Å². The maximum absolute atomic E-state index is 10.4. The Labute approximate surface area is 139 Å². The highest BCUT2D eigenvalue weighted by molar-refractivity contribution is 7.16. The summed E-state index contributed by atoms with van der Waals surface area (Å²) in [6.45, 7) is 3.47. The summed E-state index contributed by atoms with van der Waals surface area (Å²) < 4.78 is 8.89. The number of benzene rings is 2. The van der Waals surface area contributed by atoms with Crippen molar-refractivity contribution in [3.8, 4) is 5.75 Å². The average molecular weight is 328 g/mol. The van der Waals surface area contributed by atoms with E-state index < -0.39 is 6.10 Å². The number of hydrogen-bond acceptors (Lipinski definition) is 4. The van der Waals surface area contributed by atoms with Gasteiger partial charge in [0.1, 0.15) is 18.5 Å². The topological polar surface area (TPSA) is 46.8 Å². The molecule has 4 nitrogen and oxygen atoms in total. The molecule has 5 heteroatoms. The summed E-state index contributed by atoms with van der Waals surface area (Å²) in [5.41, 5.74) is 1.10. The molecule has 1 atom stereocenters. The van der Waals surface area contributed by atoms with Crippen LogP contribution < -0.4 is 9.54 Å². The van der Waals surface area contributed by atoms with Crippen LogP contribution in [0.5, 0.6) is 5.75 Å². The number of aromatic nitrogens is 1. The van der Waals surface area contributed by atoms with Crippen molar-refractivity contribution in [2.45, 2.75) is 19.6 Å². The van der Waals surface area contributed by atoms with Crippen molar-refractivity contribution in [1.29, 1.82) is 0 Å². The molecule has 0 aliphatic heterocycles. The molecule has 2 aromatic carbocycles. The summed E-state index contributed by atoms with van der Waals surface area (Å²) >= 11 is 1.65. The molecule has 3 rings (SSSR count). The van der Waals surface area contributed by atoms with Crippen LogP contribution in [-0.2, 0) is 6.54 Å². The van der Waals surface area contributed by atoms with Crippen molar-refractivity contribution < 1.29 is 9.84 Å². The van der Waals surface area contributed by atoms with E-state index in [1.54, 1.807) is 11.3 Å². The fourth-order valence-corrected chi connectivity index (χ4v) is 3.53. The summed E-state index contributed by atoms with van der Waals surface area (Å²) in [5, 5.41) is 10.4. The standard InChI is InChI=1S/C18H20N2O2S/c1-2-19-18-20(16-10-6-7-11-17(16)23-18)12-14(21)13-22-15-8-4-3-5-9-15/h3-11,14,21H,2,12-13H2,1H3/t14-/m0/s1. The van der Waals surface area contributed by atoms with Crippen LogP contribution in [0.25, 0.3) is 10.2 Å². The Kier molecular flexibility index (Phi) is 5.10. The molecule has 0 bridgehead atoms. The number of aliphatic hydroxyl groups excluding tert-OH is 1. The molecule has 0 spiro atoms. The summed E-state index contributed by atoms with van der Waals surface area (Å²) in [4.78, 5) is 5.48. The van der Waals surface area contributed by atoms with Gasteiger partial charge in [-0.2, -0.15) is 0 Å². The Morgan fingerprint density at radius 3 is 2.65 bits per heavy atom. The van der Waals surface area contributed by atoms with Crippen molar-refractivity contribution in [3.63, 3.8) is 0 Å². The smallest absolute Gasteiger partial charge is 0.185 e. The number of aliphatic hydroxyl groups is 1. The Balaban J connectivity index is 1.77. The lowest BCUT2D eigenvalue weighted by atomic mass is 10.3. The van der Waals surface area contributed by atoms with Gasteiger partial charge in [-0.3, -0.25) is 4.99 Å². The van der Waals surface area contributed by atoms with E-state index in [-0.39, 0.29) is 6.61 Å². The highest BCUT2D eigenvalue weighted by atomic mass is 32.1. The minimum Gasteiger partial charge on any atom is -0.491 e. The maximum Gasteiger partial charge on any atom is 0.185 e. The van der Waals surface area contributed by atoms with Gasteiger partial charge in [-0.25, -0.2) is 0 Å². The Hall–Kier alpha value is -2.11. The molecule has 120 valence electrons. The zero-order valence-electron chi connectivity index (χ0n) is 13.1. The largest absolute Gasteiger partial charge is 0.491 e. The van der Waals surface area contributed by atoms with Gasteiger partial charge < -0.3 is 14.4 Å². The van der Waals surface area contributed by atoms with E-state index >= 15 is 0 Å². The molecule has 1 N–H and O–H groups in total. The highest BCUT2D eigenvalue weighted by Gasteiger charge is 2.11. The monoisotopic (exact) mass is 328 g/mol. The molecular weight excluding hydrogens is 308 g/mol. The zero-order chi connectivity index (χ0) is 16.1. The van der Waals surface area contributed by atoms with Gasteiger partial charge >= 0.3 is 0 Å². The second kappa shape index (κ2) is 7.44. The highest BCUT2D eigenvalue weighted by Crippen LogP contribution is 2.17. The van der Waals surface area contributed by atoms with Gasteiger partial charge in [0.25, 0.3) is 0 Å². The van der Waals surface area contributed by atoms with Crippen LogP contribution in [0.2, 0.25) is 0 Å². The number of fused-ring (bicyclic) bond motifs is 1. The van der Waals surface area contributed by atoms with Gasteiger partial charge in [-0.15, -0.1) is 0 Å². The van der Waals surface area contributed by atoms with E-state index in [4.69, 9.17) is 4.74 Å². The van der Waals surface area contributed by atoms with Crippen molar-refractivity contribution in [2.75, 3.05) is 13.2 Å². The van der Waals surface area contributed by atoms with Gasteiger partial charge in [-0.05, 0) is 31.2 Å². The number of para-hydroxylation sites is 2. The fourth-order valence-electron chi connectivity index (χ4n) is 2.42. The third kappa shape index (κ3) is 3.81. The number of thiazole rings is 1. The molecular formula is C18H20N2O2S. The lowest BCUT2D eigenvalue weighted by Gasteiger charge is -2.14. The minimum absolute atomic E-state index is 0.257. The maximum atomic E-state index is 10.4. The van der Waals surface area contributed by atoms with Gasteiger partial charge in [0, 0.05) is 6.54 Å². The summed E-state index contributed by atoms with van der Waals surface area (Å²) in [7, 11) is 0. The predicted octanol–water partition coefficient (Wildman–Crippen LogP) is 3.06. The molecule has 0 saturated heterocycles. The lowest BCUT2D eigenvalue weighted by molar-refractivity contribution is 0.0928. The lowest BCUT2D eigenvalue weighted by Crippen LogP contribution is -2.28. The first kappa shape index (κ1) is 15.8. The quantitative estimate of drug-likeness (QED) is 0.756. The Morgan fingerprint density at radius 2 is 1.87 bits per heavy atom. The first-order valence-corrected chi connectivity index (χ1v) is 8.54. The van der Waals surface area contributed by atoms with E-state index in [0.29, 0.717) is 6.54 Å². The second-order valence-electron chi connectivity index (χ2n) is 5.22. The molecule has 0 saturated carbocycles. The molecule has 3 aromatic rings. The molecule has 0 fully saturated rings. The van der Waals surface area contributed by atoms with Crippen LogP contribution in [0.3, 0.4) is 0 Å². The first-order valence-electron chi connectivity index (χ1n) is 7.72. The first-order chi connectivity index (χ1) is 11.3. The molecule has 23 heavy (non-hydrogen) atoms. The Morgan fingerprint density at radius 1 is 1.13 bits per heavy atom. The Bertz CT molecular complexity index is 824. The van der Waals surface area contributed by atoms with E-state index in [1.807, 2.05) is 49.4 Å². The van der Waals surface area contributed by atoms with Crippen LogP contribution in [0, 0.1) is 0 Å². The molecule has 0 unspecified atom stereocenters. The zero-order valence-corrected chi connectivity index (χ0v) is 13.9. The summed E-state index contributed by atoms with van der Waals surface area (Å²) in [6.07, 6.45) is -0.594. The normalized spacial score (nSPS) is 13.4. The van der Waals surface area contributed by atoms with Gasteiger partial charge in [0.2, 0.25) is 0 Å². The van der Waals surface area contributed by atoms with Crippen molar-refractivity contribution in [1.82, 2.24) is 4.57 Å². The summed E-state index contributed by atoms with van der Waals surface area (Å²) in [6, 6.07) is 17.7. The SMILES string of the molecule is CCN=c1sc2ccccc2n1C[C@H](O)COc1ccccc1. The predicted molar refractivity (Wildman–Crippen MR) is 93.9 cm³/mol. The third-order valence-corrected chi connectivity index (χ3v) is 4.56. The average Bonchev–Trinajstić information content (AvgIpc) is 2.92. The molecule has 1 aromatic heterocycles. The van der Waals surface area contributed by atoms with Crippen molar-refractivity contribution in [3.05, 3.63) is 59.4 Å². The molecule has 0 aliphatic rings. The molecule has 1 heterocycles. The van der Waals surface area contributed by atoms with Crippen LogP contribution in [0.4, 0.5) is 0 Å².